The summed E-state index contributed by atoms with van der Waals surface area (Å²) in [5.74, 6) is 0.245. The molecule has 1 rings (SSSR count). The van der Waals surface area contributed by atoms with Crippen LogP contribution in [0.25, 0.3) is 0 Å². The minimum atomic E-state index is -0.291. The standard InChI is InChI=1S/C15H24FNO3/c1-3-5-19-7-8-20-15-10-13(9-14(16)11-15)12-17-4-6-18-2/h9-11,17H,3-8,12H2,1-2H3. The Hall–Kier alpha value is -1.17. The first-order chi connectivity index (χ1) is 9.76. The minimum Gasteiger partial charge on any atom is -0.491 e. The van der Waals surface area contributed by atoms with Crippen LogP contribution in [0.15, 0.2) is 18.2 Å². The molecule has 0 unspecified atom stereocenters. The summed E-state index contributed by atoms with van der Waals surface area (Å²) < 4.78 is 29.2. The molecule has 0 aliphatic heterocycles. The van der Waals surface area contributed by atoms with Gasteiger partial charge in [0, 0.05) is 32.9 Å². The predicted molar refractivity (Wildman–Crippen MR) is 76.6 cm³/mol. The average molecular weight is 285 g/mol. The van der Waals surface area contributed by atoms with E-state index in [2.05, 4.69) is 12.2 Å². The lowest BCUT2D eigenvalue weighted by Gasteiger charge is -2.10. The van der Waals surface area contributed by atoms with E-state index >= 15 is 0 Å². The molecule has 1 aromatic rings. The Kier molecular flexibility index (Phi) is 8.95. The zero-order chi connectivity index (χ0) is 14.6. The van der Waals surface area contributed by atoms with Gasteiger partial charge >= 0.3 is 0 Å². The van der Waals surface area contributed by atoms with Crippen molar-refractivity contribution in [2.45, 2.75) is 19.9 Å². The van der Waals surface area contributed by atoms with Crippen molar-refractivity contribution in [2.24, 2.45) is 0 Å². The van der Waals surface area contributed by atoms with E-state index in [0.717, 1.165) is 25.1 Å². The lowest BCUT2D eigenvalue weighted by atomic mass is 10.2. The SMILES string of the molecule is CCCOCCOc1cc(F)cc(CNCCOC)c1. The van der Waals surface area contributed by atoms with Gasteiger partial charge in [0.1, 0.15) is 18.2 Å². The minimum absolute atomic E-state index is 0.291. The van der Waals surface area contributed by atoms with Gasteiger partial charge in [-0.15, -0.1) is 0 Å². The molecule has 0 saturated heterocycles. The van der Waals surface area contributed by atoms with Gasteiger partial charge < -0.3 is 19.5 Å². The number of benzene rings is 1. The van der Waals surface area contributed by atoms with Crippen LogP contribution in [-0.2, 0) is 16.0 Å². The van der Waals surface area contributed by atoms with Crippen molar-refractivity contribution in [3.8, 4) is 5.75 Å². The van der Waals surface area contributed by atoms with Gasteiger partial charge in [0.2, 0.25) is 0 Å². The second-order valence-corrected chi connectivity index (χ2v) is 4.43. The molecule has 0 aliphatic rings. The first-order valence-electron chi connectivity index (χ1n) is 6.96. The van der Waals surface area contributed by atoms with Gasteiger partial charge in [-0.1, -0.05) is 6.92 Å². The molecule has 1 aromatic carbocycles. The highest BCUT2D eigenvalue weighted by Crippen LogP contribution is 2.16. The first-order valence-corrected chi connectivity index (χ1v) is 6.96. The van der Waals surface area contributed by atoms with Crippen LogP contribution < -0.4 is 10.1 Å². The summed E-state index contributed by atoms with van der Waals surface area (Å²) >= 11 is 0. The number of hydrogen-bond acceptors (Lipinski definition) is 4. The van der Waals surface area contributed by atoms with Crippen molar-refractivity contribution < 1.29 is 18.6 Å². The fraction of sp³-hybridized carbons (Fsp3) is 0.600. The molecule has 0 atom stereocenters. The molecule has 114 valence electrons. The number of rotatable bonds is 11. The molecule has 0 fully saturated rings. The maximum absolute atomic E-state index is 13.5. The van der Waals surface area contributed by atoms with Crippen LogP contribution in [0.2, 0.25) is 0 Å². The molecule has 4 nitrogen and oxygen atoms in total. The number of ether oxygens (including phenoxy) is 3. The summed E-state index contributed by atoms with van der Waals surface area (Å²) in [4.78, 5) is 0. The molecular weight excluding hydrogens is 261 g/mol. The van der Waals surface area contributed by atoms with E-state index in [9.17, 15) is 4.39 Å². The number of methoxy groups -OCH3 is 1. The van der Waals surface area contributed by atoms with Crippen LogP contribution in [0, 0.1) is 5.82 Å². The maximum Gasteiger partial charge on any atom is 0.127 e. The third kappa shape index (κ3) is 7.43. The molecule has 1 N–H and O–H groups in total. The summed E-state index contributed by atoms with van der Waals surface area (Å²) in [5.41, 5.74) is 0.852. The number of hydrogen-bond donors (Lipinski definition) is 1. The van der Waals surface area contributed by atoms with Gasteiger partial charge in [0.25, 0.3) is 0 Å². The van der Waals surface area contributed by atoms with Crippen molar-refractivity contribution in [1.82, 2.24) is 5.32 Å². The highest BCUT2D eigenvalue weighted by atomic mass is 19.1. The van der Waals surface area contributed by atoms with E-state index in [4.69, 9.17) is 14.2 Å². The van der Waals surface area contributed by atoms with E-state index in [0.29, 0.717) is 32.1 Å². The fourth-order valence-electron chi connectivity index (χ4n) is 1.68. The van der Waals surface area contributed by atoms with Crippen LogP contribution in [0.4, 0.5) is 4.39 Å². The van der Waals surface area contributed by atoms with Gasteiger partial charge in [-0.25, -0.2) is 4.39 Å². The van der Waals surface area contributed by atoms with Crippen molar-refractivity contribution >= 4 is 0 Å². The monoisotopic (exact) mass is 285 g/mol. The average Bonchev–Trinajstić information content (AvgIpc) is 2.43. The van der Waals surface area contributed by atoms with E-state index in [1.165, 1.54) is 12.1 Å². The summed E-state index contributed by atoms with van der Waals surface area (Å²) in [5, 5.41) is 3.17. The molecular formula is C15H24FNO3. The zero-order valence-corrected chi connectivity index (χ0v) is 12.3. The molecule has 0 amide bonds. The Balaban J connectivity index is 2.36. The zero-order valence-electron chi connectivity index (χ0n) is 12.3. The van der Waals surface area contributed by atoms with Gasteiger partial charge in [0.15, 0.2) is 0 Å². The summed E-state index contributed by atoms with van der Waals surface area (Å²) in [6.45, 7) is 5.68. The van der Waals surface area contributed by atoms with E-state index < -0.39 is 0 Å². The molecule has 0 heterocycles. The molecule has 0 bridgehead atoms. The molecule has 0 saturated carbocycles. The van der Waals surface area contributed by atoms with Crippen molar-refractivity contribution in [2.75, 3.05) is 40.1 Å². The Morgan fingerprint density at radius 2 is 1.95 bits per heavy atom. The van der Waals surface area contributed by atoms with Gasteiger partial charge in [-0.3, -0.25) is 0 Å². The van der Waals surface area contributed by atoms with Crippen LogP contribution >= 0.6 is 0 Å². The largest absolute Gasteiger partial charge is 0.491 e. The summed E-state index contributed by atoms with van der Waals surface area (Å²) in [6, 6.07) is 4.72. The molecule has 20 heavy (non-hydrogen) atoms. The van der Waals surface area contributed by atoms with E-state index in [-0.39, 0.29) is 5.82 Å². The molecule has 0 radical (unpaired) electrons. The number of nitrogens with one attached hydrogen (secondary N) is 1. The Labute approximate surface area is 120 Å². The third-order valence-corrected chi connectivity index (χ3v) is 2.59. The van der Waals surface area contributed by atoms with Gasteiger partial charge in [0.05, 0.1) is 13.2 Å². The topological polar surface area (TPSA) is 39.7 Å². The van der Waals surface area contributed by atoms with Crippen LogP contribution in [0.5, 0.6) is 5.75 Å². The van der Waals surface area contributed by atoms with Gasteiger partial charge in [-0.05, 0) is 24.1 Å². The lowest BCUT2D eigenvalue weighted by molar-refractivity contribution is 0.100. The quantitative estimate of drug-likeness (QED) is 0.634. The highest BCUT2D eigenvalue weighted by Gasteiger charge is 2.02. The predicted octanol–water partition coefficient (Wildman–Crippen LogP) is 2.37. The Morgan fingerprint density at radius 3 is 2.70 bits per heavy atom. The summed E-state index contributed by atoms with van der Waals surface area (Å²) in [6.07, 6.45) is 0.983. The highest BCUT2D eigenvalue weighted by molar-refractivity contribution is 5.29. The van der Waals surface area contributed by atoms with Crippen LogP contribution in [0.3, 0.4) is 0 Å². The smallest absolute Gasteiger partial charge is 0.127 e. The summed E-state index contributed by atoms with van der Waals surface area (Å²) in [7, 11) is 1.65. The molecule has 5 heteroatoms. The first kappa shape index (κ1) is 16.9. The van der Waals surface area contributed by atoms with Crippen molar-refractivity contribution in [3.05, 3.63) is 29.6 Å². The maximum atomic E-state index is 13.5. The molecule has 0 spiro atoms. The Bertz CT molecular complexity index is 374. The van der Waals surface area contributed by atoms with Crippen molar-refractivity contribution in [3.63, 3.8) is 0 Å². The van der Waals surface area contributed by atoms with Crippen LogP contribution in [-0.4, -0.2) is 40.1 Å². The fourth-order valence-corrected chi connectivity index (χ4v) is 1.68. The third-order valence-electron chi connectivity index (χ3n) is 2.59. The van der Waals surface area contributed by atoms with Crippen LogP contribution in [0.1, 0.15) is 18.9 Å². The number of halogens is 1. The second kappa shape index (κ2) is 10.6. The van der Waals surface area contributed by atoms with Gasteiger partial charge in [-0.2, -0.15) is 0 Å². The molecule has 0 aliphatic carbocycles. The second-order valence-electron chi connectivity index (χ2n) is 4.43. The molecule has 0 aromatic heterocycles. The van der Waals surface area contributed by atoms with E-state index in [1.54, 1.807) is 7.11 Å². The Morgan fingerprint density at radius 1 is 1.10 bits per heavy atom. The van der Waals surface area contributed by atoms with E-state index in [1.807, 2.05) is 6.07 Å². The van der Waals surface area contributed by atoms with Crippen molar-refractivity contribution in [1.29, 1.82) is 0 Å². The normalized spacial score (nSPS) is 10.8. The lowest BCUT2D eigenvalue weighted by Crippen LogP contribution is -2.18.